The minimum Gasteiger partial charge on any atom is -0.325 e. The molecule has 0 aliphatic rings. The van der Waals surface area contributed by atoms with Crippen molar-refractivity contribution in [1.29, 1.82) is 0 Å². The normalized spacial score (nSPS) is 10.1. The maximum atomic E-state index is 11.8. The Morgan fingerprint density at radius 3 is 2.67 bits per heavy atom. The van der Waals surface area contributed by atoms with Crippen molar-refractivity contribution < 1.29 is 4.79 Å². The van der Waals surface area contributed by atoms with Crippen LogP contribution in [-0.4, -0.2) is 15.9 Å². The molecule has 0 radical (unpaired) electrons. The number of aryl methyl sites for hydroxylation is 2. The summed E-state index contributed by atoms with van der Waals surface area (Å²) in [5.41, 5.74) is 2.80. The summed E-state index contributed by atoms with van der Waals surface area (Å²) in [5.74, 6) is -0.352. The number of nitrogens with one attached hydrogen (secondary N) is 2. The number of carbonyl (C=O) groups is 1. The summed E-state index contributed by atoms with van der Waals surface area (Å²) in [6.07, 6.45) is 2.37. The highest BCUT2D eigenvalue weighted by molar-refractivity contribution is 6.02. The first-order valence-corrected chi connectivity index (χ1v) is 5.49. The Bertz CT molecular complexity index is 626. The van der Waals surface area contributed by atoms with Crippen LogP contribution in [-0.2, 0) is 0 Å². The largest absolute Gasteiger partial charge is 0.325 e. The zero-order valence-electron chi connectivity index (χ0n) is 10.2. The van der Waals surface area contributed by atoms with Gasteiger partial charge in [-0.2, -0.15) is 0 Å². The van der Waals surface area contributed by atoms with E-state index in [2.05, 4.69) is 15.3 Å². The average molecular weight is 243 g/mol. The lowest BCUT2D eigenvalue weighted by molar-refractivity contribution is 0.102. The van der Waals surface area contributed by atoms with Gasteiger partial charge in [-0.3, -0.25) is 9.59 Å². The number of hydrogen-bond donors (Lipinski definition) is 2. The quantitative estimate of drug-likeness (QED) is 0.842. The maximum absolute atomic E-state index is 11.8. The molecular weight excluding hydrogens is 230 g/mol. The van der Waals surface area contributed by atoms with Crippen LogP contribution in [0.15, 0.2) is 35.4 Å². The predicted octanol–water partition coefficient (Wildman–Crippen LogP) is 1.64. The van der Waals surface area contributed by atoms with Gasteiger partial charge in [0.1, 0.15) is 5.69 Å². The molecule has 2 rings (SSSR count). The van der Waals surface area contributed by atoms with Crippen LogP contribution >= 0.6 is 0 Å². The highest BCUT2D eigenvalue weighted by Gasteiger charge is 2.07. The van der Waals surface area contributed by atoms with Crippen LogP contribution in [0.5, 0.6) is 0 Å². The van der Waals surface area contributed by atoms with E-state index in [1.54, 1.807) is 0 Å². The molecule has 5 heteroatoms. The van der Waals surface area contributed by atoms with Crippen molar-refractivity contribution >= 4 is 11.6 Å². The van der Waals surface area contributed by atoms with E-state index in [4.69, 9.17) is 0 Å². The molecule has 0 aliphatic carbocycles. The van der Waals surface area contributed by atoms with Crippen LogP contribution in [0.3, 0.4) is 0 Å². The van der Waals surface area contributed by atoms with Gasteiger partial charge in [-0.15, -0.1) is 0 Å². The maximum Gasteiger partial charge on any atom is 0.275 e. The molecule has 1 amide bonds. The molecule has 0 saturated carbocycles. The number of nitrogens with zero attached hydrogens (tertiary/aromatic N) is 1. The molecule has 0 atom stereocenters. The topological polar surface area (TPSA) is 74.8 Å². The minimum atomic E-state index is -0.352. The molecule has 5 nitrogen and oxygen atoms in total. The summed E-state index contributed by atoms with van der Waals surface area (Å²) < 4.78 is 0. The van der Waals surface area contributed by atoms with Gasteiger partial charge in [0.25, 0.3) is 11.5 Å². The number of rotatable bonds is 2. The van der Waals surface area contributed by atoms with Crippen molar-refractivity contribution in [2.75, 3.05) is 5.32 Å². The lowest BCUT2D eigenvalue weighted by Gasteiger charge is -2.06. The Morgan fingerprint density at radius 1 is 1.28 bits per heavy atom. The van der Waals surface area contributed by atoms with Gasteiger partial charge in [-0.1, -0.05) is 6.07 Å². The van der Waals surface area contributed by atoms with E-state index in [9.17, 15) is 9.59 Å². The van der Waals surface area contributed by atoms with Gasteiger partial charge in [-0.25, -0.2) is 4.98 Å². The van der Waals surface area contributed by atoms with Crippen molar-refractivity contribution in [3.05, 3.63) is 57.8 Å². The number of amides is 1. The molecule has 92 valence electrons. The van der Waals surface area contributed by atoms with Gasteiger partial charge in [0.05, 0.1) is 6.20 Å². The number of benzene rings is 1. The molecule has 2 N–H and O–H groups in total. The fourth-order valence-electron chi connectivity index (χ4n) is 1.48. The van der Waals surface area contributed by atoms with Crippen molar-refractivity contribution in [2.45, 2.75) is 13.8 Å². The molecule has 0 bridgehead atoms. The van der Waals surface area contributed by atoms with Crippen molar-refractivity contribution in [3.63, 3.8) is 0 Å². The second-order valence-corrected chi connectivity index (χ2v) is 4.05. The van der Waals surface area contributed by atoms with E-state index >= 15 is 0 Å². The highest BCUT2D eigenvalue weighted by atomic mass is 16.2. The van der Waals surface area contributed by atoms with Gasteiger partial charge in [0.15, 0.2) is 0 Å². The zero-order chi connectivity index (χ0) is 13.1. The van der Waals surface area contributed by atoms with Crippen LogP contribution in [0.4, 0.5) is 5.69 Å². The molecule has 1 heterocycles. The van der Waals surface area contributed by atoms with Crippen LogP contribution in [0.1, 0.15) is 21.6 Å². The van der Waals surface area contributed by atoms with Crippen LogP contribution in [0.25, 0.3) is 0 Å². The molecule has 1 aromatic carbocycles. The minimum absolute atomic E-state index is 0.174. The van der Waals surface area contributed by atoms with Gasteiger partial charge in [-0.05, 0) is 37.1 Å². The summed E-state index contributed by atoms with van der Waals surface area (Å²) in [6, 6.07) is 5.65. The Labute approximate surface area is 104 Å². The lowest BCUT2D eigenvalue weighted by atomic mass is 10.1. The Kier molecular flexibility index (Phi) is 3.23. The summed E-state index contributed by atoms with van der Waals surface area (Å²) in [5, 5.41) is 2.72. The lowest BCUT2D eigenvalue weighted by Crippen LogP contribution is -2.17. The number of H-pyrrole nitrogens is 1. The molecule has 0 aliphatic heterocycles. The number of hydrogen-bond acceptors (Lipinski definition) is 3. The SMILES string of the molecule is Cc1ccc(NC(=O)c2c[nH]c(=O)cn2)cc1C. The molecule has 0 unspecified atom stereocenters. The molecule has 18 heavy (non-hydrogen) atoms. The fourth-order valence-corrected chi connectivity index (χ4v) is 1.48. The van der Waals surface area contributed by atoms with Crippen LogP contribution in [0.2, 0.25) is 0 Å². The van der Waals surface area contributed by atoms with E-state index in [1.807, 2.05) is 32.0 Å². The van der Waals surface area contributed by atoms with E-state index in [0.29, 0.717) is 5.69 Å². The van der Waals surface area contributed by atoms with E-state index < -0.39 is 0 Å². The van der Waals surface area contributed by atoms with Gasteiger partial charge in [0.2, 0.25) is 0 Å². The second-order valence-electron chi connectivity index (χ2n) is 4.05. The standard InChI is InChI=1S/C13H13N3O2/c1-8-3-4-10(5-9(8)2)16-13(18)11-6-15-12(17)7-14-11/h3-7H,1-2H3,(H,15,17)(H,16,18). The first-order chi connectivity index (χ1) is 8.56. The van der Waals surface area contributed by atoms with Crippen molar-refractivity contribution in [3.8, 4) is 0 Å². The van der Waals surface area contributed by atoms with E-state index in [1.165, 1.54) is 6.20 Å². The number of anilines is 1. The third-order valence-corrected chi connectivity index (χ3v) is 2.67. The number of aromatic amines is 1. The van der Waals surface area contributed by atoms with E-state index in [0.717, 1.165) is 17.3 Å². The Balaban J connectivity index is 2.18. The monoisotopic (exact) mass is 243 g/mol. The first kappa shape index (κ1) is 12.0. The fraction of sp³-hybridized carbons (Fsp3) is 0.154. The summed E-state index contributed by atoms with van der Waals surface area (Å²) in [7, 11) is 0. The summed E-state index contributed by atoms with van der Waals surface area (Å²) in [4.78, 5) is 28.8. The second kappa shape index (κ2) is 4.83. The van der Waals surface area contributed by atoms with Gasteiger partial charge in [0, 0.05) is 11.9 Å². The van der Waals surface area contributed by atoms with Crippen LogP contribution in [0, 0.1) is 13.8 Å². The first-order valence-electron chi connectivity index (χ1n) is 5.49. The van der Waals surface area contributed by atoms with Gasteiger partial charge < -0.3 is 10.3 Å². The molecule has 1 aromatic heterocycles. The Hall–Kier alpha value is -2.43. The van der Waals surface area contributed by atoms with Crippen molar-refractivity contribution in [1.82, 2.24) is 9.97 Å². The predicted molar refractivity (Wildman–Crippen MR) is 68.7 cm³/mol. The number of carbonyl (C=O) groups excluding carboxylic acids is 1. The molecule has 2 aromatic rings. The Morgan fingerprint density at radius 2 is 2.06 bits per heavy atom. The molecule has 0 spiro atoms. The molecule has 0 fully saturated rings. The highest BCUT2D eigenvalue weighted by Crippen LogP contribution is 2.14. The smallest absolute Gasteiger partial charge is 0.275 e. The molecular formula is C13H13N3O2. The summed E-state index contributed by atoms with van der Waals surface area (Å²) in [6.45, 7) is 3.98. The van der Waals surface area contributed by atoms with Crippen molar-refractivity contribution in [2.24, 2.45) is 0 Å². The van der Waals surface area contributed by atoms with Crippen LogP contribution < -0.4 is 10.9 Å². The number of aromatic nitrogens is 2. The average Bonchev–Trinajstić information content (AvgIpc) is 2.34. The zero-order valence-corrected chi connectivity index (χ0v) is 10.2. The summed E-state index contributed by atoms with van der Waals surface area (Å²) >= 11 is 0. The third-order valence-electron chi connectivity index (χ3n) is 2.67. The van der Waals surface area contributed by atoms with Gasteiger partial charge >= 0.3 is 0 Å². The third kappa shape index (κ3) is 2.63. The molecule has 0 saturated heterocycles. The van der Waals surface area contributed by atoms with E-state index in [-0.39, 0.29) is 17.2 Å².